The first-order valence-electron chi connectivity index (χ1n) is 4.00. The average molecular weight is 319 g/mol. The van der Waals surface area contributed by atoms with Crippen LogP contribution in [0.25, 0.3) is 10.9 Å². The molecule has 72 valence electrons. The zero-order chi connectivity index (χ0) is 10.3. The monoisotopic (exact) mass is 317 g/mol. The number of aryl methyl sites for hydroxylation is 1. The molecule has 0 unspecified atom stereocenters. The van der Waals surface area contributed by atoms with E-state index in [0.29, 0.717) is 5.52 Å². The van der Waals surface area contributed by atoms with Crippen molar-refractivity contribution in [2.45, 2.75) is 6.92 Å². The molecule has 2 rings (SSSR count). The molecule has 1 aromatic heterocycles. The molecule has 0 atom stereocenters. The molecule has 0 saturated heterocycles. The van der Waals surface area contributed by atoms with Gasteiger partial charge in [-0.3, -0.25) is 4.98 Å². The first-order valence-corrected chi connectivity index (χ1v) is 5.58. The fourth-order valence-electron chi connectivity index (χ4n) is 1.37. The zero-order valence-corrected chi connectivity index (χ0v) is 10.5. The van der Waals surface area contributed by atoms with Crippen molar-refractivity contribution in [2.24, 2.45) is 0 Å². The summed E-state index contributed by atoms with van der Waals surface area (Å²) in [5.41, 5.74) is 1.40. The van der Waals surface area contributed by atoms with Gasteiger partial charge in [-0.05, 0) is 50.4 Å². The first-order chi connectivity index (χ1) is 6.61. The van der Waals surface area contributed by atoms with Crippen LogP contribution in [-0.2, 0) is 0 Å². The molecule has 14 heavy (non-hydrogen) atoms. The number of hydrogen-bond acceptors (Lipinski definition) is 1. The molecule has 1 nitrogen and oxygen atoms in total. The number of pyridine rings is 1. The highest BCUT2D eigenvalue weighted by Crippen LogP contribution is 2.32. The number of rotatable bonds is 0. The highest BCUT2D eigenvalue weighted by molar-refractivity contribution is 9.13. The van der Waals surface area contributed by atoms with Crippen molar-refractivity contribution >= 4 is 42.8 Å². The van der Waals surface area contributed by atoms with Gasteiger partial charge in [0, 0.05) is 16.1 Å². The molecule has 4 heteroatoms. The van der Waals surface area contributed by atoms with E-state index in [2.05, 4.69) is 36.8 Å². The Balaban J connectivity index is 3.01. The minimum Gasteiger partial charge on any atom is -0.252 e. The molecule has 0 aliphatic carbocycles. The largest absolute Gasteiger partial charge is 0.252 e. The quantitative estimate of drug-likeness (QED) is 0.709. The predicted octanol–water partition coefficient (Wildman–Crippen LogP) is 4.21. The summed E-state index contributed by atoms with van der Waals surface area (Å²) in [6, 6.07) is 3.18. The summed E-state index contributed by atoms with van der Waals surface area (Å²) in [5, 5.41) is 0.819. The molecule has 0 spiro atoms. The Hall–Kier alpha value is -0.480. The third-order valence-electron chi connectivity index (χ3n) is 2.07. The molecule has 0 aliphatic rings. The van der Waals surface area contributed by atoms with Crippen LogP contribution < -0.4 is 0 Å². The van der Waals surface area contributed by atoms with Crippen molar-refractivity contribution in [1.29, 1.82) is 0 Å². The van der Waals surface area contributed by atoms with E-state index in [0.717, 1.165) is 19.9 Å². The van der Waals surface area contributed by atoms with E-state index in [1.54, 1.807) is 12.3 Å². The molecule has 0 N–H and O–H groups in total. The fourth-order valence-corrected chi connectivity index (χ4v) is 2.27. The lowest BCUT2D eigenvalue weighted by atomic mass is 10.1. The highest BCUT2D eigenvalue weighted by atomic mass is 79.9. The molecule has 1 heterocycles. The Kier molecular flexibility index (Phi) is 2.58. The van der Waals surface area contributed by atoms with E-state index >= 15 is 0 Å². The Morgan fingerprint density at radius 2 is 2.00 bits per heavy atom. The van der Waals surface area contributed by atoms with Crippen molar-refractivity contribution in [1.82, 2.24) is 4.98 Å². The van der Waals surface area contributed by atoms with Gasteiger partial charge in [-0.25, -0.2) is 4.39 Å². The van der Waals surface area contributed by atoms with Crippen LogP contribution in [0.5, 0.6) is 0 Å². The Morgan fingerprint density at radius 3 is 2.71 bits per heavy atom. The van der Waals surface area contributed by atoms with Crippen molar-refractivity contribution in [3.05, 3.63) is 38.7 Å². The summed E-state index contributed by atoms with van der Waals surface area (Å²) in [6.07, 6.45) is 1.59. The summed E-state index contributed by atoms with van der Waals surface area (Å²) in [4.78, 5) is 4.05. The van der Waals surface area contributed by atoms with Crippen LogP contribution in [0.15, 0.2) is 27.3 Å². The second-order valence-electron chi connectivity index (χ2n) is 3.01. The zero-order valence-electron chi connectivity index (χ0n) is 7.31. The minimum atomic E-state index is -0.293. The smallest absolute Gasteiger partial charge is 0.149 e. The van der Waals surface area contributed by atoms with Gasteiger partial charge in [0.05, 0.1) is 4.47 Å². The van der Waals surface area contributed by atoms with Crippen LogP contribution in [-0.4, -0.2) is 4.98 Å². The van der Waals surface area contributed by atoms with Gasteiger partial charge in [-0.2, -0.15) is 0 Å². The number of nitrogens with zero attached hydrogens (tertiary/aromatic N) is 1. The number of halogens is 3. The molecule has 0 saturated carbocycles. The predicted molar refractivity (Wildman–Crippen MR) is 61.8 cm³/mol. The molecule has 0 aliphatic heterocycles. The standard InChI is InChI=1S/C10H6Br2FN/c1-5-2-3-7(13)10-8(5)9(12)6(11)4-14-10/h2-4H,1H3. The van der Waals surface area contributed by atoms with Crippen molar-refractivity contribution in [3.63, 3.8) is 0 Å². The highest BCUT2D eigenvalue weighted by Gasteiger charge is 2.10. The second-order valence-corrected chi connectivity index (χ2v) is 4.66. The van der Waals surface area contributed by atoms with E-state index in [9.17, 15) is 4.39 Å². The van der Waals surface area contributed by atoms with Gasteiger partial charge in [0.2, 0.25) is 0 Å². The molecule has 0 radical (unpaired) electrons. The van der Waals surface area contributed by atoms with Gasteiger partial charge in [0.1, 0.15) is 11.3 Å². The number of benzene rings is 1. The van der Waals surface area contributed by atoms with Crippen molar-refractivity contribution in [2.75, 3.05) is 0 Å². The van der Waals surface area contributed by atoms with Crippen LogP contribution in [0.1, 0.15) is 5.56 Å². The van der Waals surface area contributed by atoms with E-state index in [-0.39, 0.29) is 5.82 Å². The molecule has 0 fully saturated rings. The van der Waals surface area contributed by atoms with Crippen LogP contribution in [0.3, 0.4) is 0 Å². The summed E-state index contributed by atoms with van der Waals surface area (Å²) < 4.78 is 15.1. The third kappa shape index (κ3) is 1.46. The summed E-state index contributed by atoms with van der Waals surface area (Å²) in [5.74, 6) is -0.293. The maximum atomic E-state index is 13.4. The lowest BCUT2D eigenvalue weighted by molar-refractivity contribution is 0.636. The topological polar surface area (TPSA) is 12.9 Å². The van der Waals surface area contributed by atoms with Crippen molar-refractivity contribution in [3.8, 4) is 0 Å². The van der Waals surface area contributed by atoms with Crippen molar-refractivity contribution < 1.29 is 4.39 Å². The number of hydrogen-bond donors (Lipinski definition) is 0. The lowest BCUT2D eigenvalue weighted by Gasteiger charge is -2.06. The van der Waals surface area contributed by atoms with Crippen LogP contribution in [0, 0.1) is 12.7 Å². The van der Waals surface area contributed by atoms with Crippen LogP contribution >= 0.6 is 31.9 Å². The minimum absolute atomic E-state index is 0.293. The molecule has 1 aromatic carbocycles. The fraction of sp³-hybridized carbons (Fsp3) is 0.100. The molecular weight excluding hydrogens is 313 g/mol. The number of aromatic nitrogens is 1. The average Bonchev–Trinajstić information content (AvgIpc) is 2.16. The van der Waals surface area contributed by atoms with E-state index < -0.39 is 0 Å². The van der Waals surface area contributed by atoms with Gasteiger partial charge in [-0.1, -0.05) is 6.07 Å². The van der Waals surface area contributed by atoms with Crippen LogP contribution in [0.2, 0.25) is 0 Å². The molecule has 2 aromatic rings. The molecule has 0 bridgehead atoms. The first kappa shape index (κ1) is 10.1. The second kappa shape index (κ2) is 3.59. The van der Waals surface area contributed by atoms with Gasteiger partial charge in [0.25, 0.3) is 0 Å². The lowest BCUT2D eigenvalue weighted by Crippen LogP contribution is -1.89. The van der Waals surface area contributed by atoms with Gasteiger partial charge in [-0.15, -0.1) is 0 Å². The SMILES string of the molecule is Cc1ccc(F)c2ncc(Br)c(Br)c12. The van der Waals surface area contributed by atoms with Gasteiger partial charge >= 0.3 is 0 Å². The Morgan fingerprint density at radius 1 is 1.29 bits per heavy atom. The Bertz CT molecular complexity index is 511. The molecule has 0 amide bonds. The third-order valence-corrected chi connectivity index (χ3v) is 4.03. The molecular formula is C10H6Br2FN. The summed E-state index contributed by atoms with van der Waals surface area (Å²) in [6.45, 7) is 1.93. The maximum Gasteiger partial charge on any atom is 0.149 e. The van der Waals surface area contributed by atoms with Crippen LogP contribution in [0.4, 0.5) is 4.39 Å². The van der Waals surface area contributed by atoms with Gasteiger partial charge < -0.3 is 0 Å². The van der Waals surface area contributed by atoms with Gasteiger partial charge in [0.15, 0.2) is 0 Å². The maximum absolute atomic E-state index is 13.4. The number of fused-ring (bicyclic) bond motifs is 1. The summed E-state index contributed by atoms with van der Waals surface area (Å²) >= 11 is 6.76. The van der Waals surface area contributed by atoms with E-state index in [1.165, 1.54) is 6.07 Å². The summed E-state index contributed by atoms with van der Waals surface area (Å²) in [7, 11) is 0. The van der Waals surface area contributed by atoms with E-state index in [4.69, 9.17) is 0 Å². The Labute approximate surface area is 97.6 Å². The van der Waals surface area contributed by atoms with E-state index in [1.807, 2.05) is 6.92 Å². The normalized spacial score (nSPS) is 10.9.